The molecule has 4 rings (SSSR count). The predicted molar refractivity (Wildman–Crippen MR) is 91.9 cm³/mol. The minimum atomic E-state index is -0.219. The Kier molecular flexibility index (Phi) is 3.57. The summed E-state index contributed by atoms with van der Waals surface area (Å²) < 4.78 is 21.4. The summed E-state index contributed by atoms with van der Waals surface area (Å²) in [6.07, 6.45) is 0.570. The third-order valence-corrected chi connectivity index (χ3v) is 4.51. The van der Waals surface area contributed by atoms with Gasteiger partial charge in [0, 0.05) is 29.6 Å². The van der Waals surface area contributed by atoms with Gasteiger partial charge < -0.3 is 4.74 Å². The van der Waals surface area contributed by atoms with Crippen LogP contribution < -0.4 is 4.74 Å². The van der Waals surface area contributed by atoms with Crippen LogP contribution in [0.5, 0.6) is 5.75 Å². The van der Waals surface area contributed by atoms with Crippen molar-refractivity contribution in [3.63, 3.8) is 0 Å². The third kappa shape index (κ3) is 2.57. The fourth-order valence-electron chi connectivity index (χ4n) is 3.32. The molecule has 0 radical (unpaired) electrons. The molecule has 1 aromatic heterocycles. The van der Waals surface area contributed by atoms with E-state index < -0.39 is 0 Å². The first-order valence-corrected chi connectivity index (χ1v) is 8.12. The summed E-state index contributed by atoms with van der Waals surface area (Å²) >= 11 is 6.14. The van der Waals surface area contributed by atoms with E-state index in [2.05, 4.69) is 5.10 Å². The normalized spacial score (nSPS) is 12.5. The van der Waals surface area contributed by atoms with Gasteiger partial charge in [-0.2, -0.15) is 5.10 Å². The van der Waals surface area contributed by atoms with Gasteiger partial charge in [-0.1, -0.05) is 17.7 Å². The molecular weight excluding hydrogens is 327 g/mol. The van der Waals surface area contributed by atoms with Gasteiger partial charge in [-0.15, -0.1) is 0 Å². The second-order valence-electron chi connectivity index (χ2n) is 6.14. The number of halogens is 2. The Morgan fingerprint density at radius 1 is 1.25 bits per heavy atom. The quantitative estimate of drug-likeness (QED) is 0.676. The van der Waals surface area contributed by atoms with Crippen molar-refractivity contribution in [1.29, 1.82) is 0 Å². The number of benzene rings is 2. The van der Waals surface area contributed by atoms with E-state index in [1.165, 1.54) is 6.07 Å². The predicted octanol–water partition coefficient (Wildman–Crippen LogP) is 4.67. The smallest absolute Gasteiger partial charge is 0.129 e. The van der Waals surface area contributed by atoms with E-state index in [4.69, 9.17) is 16.3 Å². The molecule has 5 heteroatoms. The van der Waals surface area contributed by atoms with Crippen LogP contribution in [0.4, 0.5) is 4.39 Å². The standard InChI is InChI=1S/C19H16ClFN2O/c1-11-5-12(7-14(21)6-11)8-17-16-10-24-18-4-3-13(20)9-15(18)19(16)23(2)22-17/h3-7,9H,8,10H2,1-2H3. The second kappa shape index (κ2) is 5.64. The second-order valence-corrected chi connectivity index (χ2v) is 6.58. The van der Waals surface area contributed by atoms with Crippen molar-refractivity contribution in [2.45, 2.75) is 20.0 Å². The molecule has 0 unspecified atom stereocenters. The Hall–Kier alpha value is -2.33. The summed E-state index contributed by atoms with van der Waals surface area (Å²) in [5.74, 6) is 0.589. The van der Waals surface area contributed by atoms with Gasteiger partial charge in [0.05, 0.1) is 11.4 Å². The van der Waals surface area contributed by atoms with E-state index in [1.54, 1.807) is 6.07 Å². The molecule has 0 aliphatic carbocycles. The SMILES string of the molecule is Cc1cc(F)cc(Cc2nn(C)c3c2COc2ccc(Cl)cc2-3)c1. The molecule has 0 N–H and O–H groups in total. The Morgan fingerprint density at radius 3 is 2.88 bits per heavy atom. The van der Waals surface area contributed by atoms with Crippen LogP contribution in [0.2, 0.25) is 5.02 Å². The fourth-order valence-corrected chi connectivity index (χ4v) is 3.50. The highest BCUT2D eigenvalue weighted by Gasteiger charge is 2.25. The zero-order chi connectivity index (χ0) is 16.8. The number of hydrogen-bond acceptors (Lipinski definition) is 2. The lowest BCUT2D eigenvalue weighted by atomic mass is 9.99. The van der Waals surface area contributed by atoms with E-state index >= 15 is 0 Å². The third-order valence-electron chi connectivity index (χ3n) is 4.27. The molecule has 0 amide bonds. The molecule has 0 spiro atoms. The monoisotopic (exact) mass is 342 g/mol. The number of nitrogens with zero attached hydrogens (tertiary/aromatic N) is 2. The summed E-state index contributed by atoms with van der Waals surface area (Å²) in [6, 6.07) is 10.7. The van der Waals surface area contributed by atoms with Crippen molar-refractivity contribution in [3.8, 4) is 17.0 Å². The van der Waals surface area contributed by atoms with Crippen LogP contribution in [0.15, 0.2) is 36.4 Å². The molecule has 0 bridgehead atoms. The van der Waals surface area contributed by atoms with Crippen molar-refractivity contribution >= 4 is 11.6 Å². The molecular formula is C19H16ClFN2O. The summed E-state index contributed by atoms with van der Waals surface area (Å²) in [4.78, 5) is 0. The van der Waals surface area contributed by atoms with Gasteiger partial charge in [-0.05, 0) is 48.4 Å². The van der Waals surface area contributed by atoms with Gasteiger partial charge in [0.15, 0.2) is 0 Å². The topological polar surface area (TPSA) is 27.1 Å². The summed E-state index contributed by atoms with van der Waals surface area (Å²) in [5, 5.41) is 5.31. The van der Waals surface area contributed by atoms with E-state index in [1.807, 2.05) is 42.9 Å². The number of aromatic nitrogens is 2. The largest absolute Gasteiger partial charge is 0.488 e. The average molecular weight is 343 g/mol. The first-order chi connectivity index (χ1) is 11.5. The molecule has 0 saturated heterocycles. The van der Waals surface area contributed by atoms with Gasteiger partial charge in [-0.25, -0.2) is 4.39 Å². The van der Waals surface area contributed by atoms with Gasteiger partial charge in [-0.3, -0.25) is 4.68 Å². The Balaban J connectivity index is 1.79. The molecule has 122 valence electrons. The summed E-state index contributed by atoms with van der Waals surface area (Å²) in [6.45, 7) is 2.35. The van der Waals surface area contributed by atoms with Crippen molar-refractivity contribution in [3.05, 3.63) is 69.6 Å². The van der Waals surface area contributed by atoms with E-state index in [9.17, 15) is 4.39 Å². The summed E-state index contributed by atoms with van der Waals surface area (Å²) in [7, 11) is 1.91. The zero-order valence-electron chi connectivity index (χ0n) is 13.4. The van der Waals surface area contributed by atoms with E-state index in [0.29, 0.717) is 18.1 Å². The molecule has 3 nitrogen and oxygen atoms in total. The van der Waals surface area contributed by atoms with Crippen molar-refractivity contribution < 1.29 is 9.13 Å². The van der Waals surface area contributed by atoms with Gasteiger partial charge in [0.25, 0.3) is 0 Å². The molecule has 0 fully saturated rings. The van der Waals surface area contributed by atoms with Crippen molar-refractivity contribution in [2.24, 2.45) is 7.05 Å². The van der Waals surface area contributed by atoms with Crippen LogP contribution in [-0.2, 0) is 20.1 Å². The number of ether oxygens (including phenoxy) is 1. The number of rotatable bonds is 2. The van der Waals surface area contributed by atoms with Gasteiger partial charge in [0.1, 0.15) is 18.2 Å². The minimum Gasteiger partial charge on any atom is -0.488 e. The van der Waals surface area contributed by atoms with Crippen LogP contribution in [0.1, 0.15) is 22.4 Å². The number of aryl methyl sites for hydroxylation is 2. The number of hydrogen-bond donors (Lipinski definition) is 0. The molecule has 3 aromatic rings. The van der Waals surface area contributed by atoms with Crippen LogP contribution in [0, 0.1) is 12.7 Å². The molecule has 2 aromatic carbocycles. The average Bonchev–Trinajstić information content (AvgIpc) is 2.82. The molecule has 1 aliphatic heterocycles. The molecule has 2 heterocycles. The first-order valence-electron chi connectivity index (χ1n) is 7.75. The van der Waals surface area contributed by atoms with Crippen LogP contribution in [-0.4, -0.2) is 9.78 Å². The van der Waals surface area contributed by atoms with Gasteiger partial charge >= 0.3 is 0 Å². The zero-order valence-corrected chi connectivity index (χ0v) is 14.2. The van der Waals surface area contributed by atoms with Crippen LogP contribution >= 0.6 is 11.6 Å². The molecule has 24 heavy (non-hydrogen) atoms. The Labute approximate surface area is 144 Å². The first kappa shape index (κ1) is 15.2. The van der Waals surface area contributed by atoms with Crippen LogP contribution in [0.25, 0.3) is 11.3 Å². The highest BCUT2D eigenvalue weighted by Crippen LogP contribution is 2.40. The van der Waals surface area contributed by atoms with Crippen molar-refractivity contribution in [1.82, 2.24) is 9.78 Å². The lowest BCUT2D eigenvalue weighted by Gasteiger charge is -2.19. The Morgan fingerprint density at radius 2 is 2.08 bits per heavy atom. The van der Waals surface area contributed by atoms with Crippen LogP contribution in [0.3, 0.4) is 0 Å². The molecule has 0 atom stereocenters. The summed E-state index contributed by atoms with van der Waals surface area (Å²) in [5.41, 5.74) is 5.72. The minimum absolute atomic E-state index is 0.219. The van der Waals surface area contributed by atoms with E-state index in [-0.39, 0.29) is 5.82 Å². The maximum absolute atomic E-state index is 13.7. The number of fused-ring (bicyclic) bond motifs is 3. The maximum atomic E-state index is 13.7. The molecule has 0 saturated carbocycles. The maximum Gasteiger partial charge on any atom is 0.129 e. The fraction of sp³-hybridized carbons (Fsp3) is 0.211. The highest BCUT2D eigenvalue weighted by molar-refractivity contribution is 6.31. The lowest BCUT2D eigenvalue weighted by Crippen LogP contribution is -2.07. The van der Waals surface area contributed by atoms with E-state index in [0.717, 1.165) is 39.4 Å². The van der Waals surface area contributed by atoms with Crippen molar-refractivity contribution in [2.75, 3.05) is 0 Å². The Bertz CT molecular complexity index is 929. The molecule has 1 aliphatic rings. The lowest BCUT2D eigenvalue weighted by molar-refractivity contribution is 0.301. The highest BCUT2D eigenvalue weighted by atomic mass is 35.5. The van der Waals surface area contributed by atoms with Gasteiger partial charge in [0.2, 0.25) is 0 Å².